The molecule has 0 radical (unpaired) electrons. The number of nitrogens with two attached hydrogens (primary N) is 1. The molecule has 7 atom stereocenters. The quantitative estimate of drug-likeness (QED) is 0.266. The second-order valence-electron chi connectivity index (χ2n) is 10.7. The van der Waals surface area contributed by atoms with Crippen LogP contribution in [0.15, 0.2) is 17.3 Å². The van der Waals surface area contributed by atoms with Crippen LogP contribution in [0, 0.1) is 34.5 Å². The Labute approximate surface area is 200 Å². The van der Waals surface area contributed by atoms with E-state index in [1.807, 2.05) is 0 Å². The molecule has 0 saturated heterocycles. The van der Waals surface area contributed by atoms with E-state index in [1.54, 1.807) is 0 Å². The molecular weight excluding hydrogens is 440 g/mol. The van der Waals surface area contributed by atoms with Gasteiger partial charge in [0.15, 0.2) is 0 Å². The van der Waals surface area contributed by atoms with Gasteiger partial charge in [0.05, 0.1) is 11.8 Å². The Bertz CT molecular complexity index is 840. The maximum atomic E-state index is 12.5. The average molecular weight is 479 g/mol. The minimum atomic E-state index is -1.26. The molecule has 0 spiro atoms. The highest BCUT2D eigenvalue weighted by Crippen LogP contribution is 2.65. The molecule has 0 aliphatic heterocycles. The summed E-state index contributed by atoms with van der Waals surface area (Å²) in [6.45, 7) is 5.56. The van der Waals surface area contributed by atoms with Crippen LogP contribution in [0.25, 0.3) is 0 Å². The van der Waals surface area contributed by atoms with Gasteiger partial charge in [0.25, 0.3) is 0 Å². The number of hydrogen-bond donors (Lipinski definition) is 4. The van der Waals surface area contributed by atoms with Gasteiger partial charge in [-0.2, -0.15) is 0 Å². The Morgan fingerprint density at radius 2 is 1.79 bits per heavy atom. The van der Waals surface area contributed by atoms with Gasteiger partial charge >= 0.3 is 11.9 Å². The van der Waals surface area contributed by atoms with Crippen molar-refractivity contribution >= 4 is 23.4 Å². The van der Waals surface area contributed by atoms with Gasteiger partial charge in [0.2, 0.25) is 0 Å². The summed E-state index contributed by atoms with van der Waals surface area (Å²) in [5, 5.41) is 31.0. The third-order valence-corrected chi connectivity index (χ3v) is 9.00. The van der Waals surface area contributed by atoms with E-state index in [-0.39, 0.29) is 16.9 Å². The minimum absolute atomic E-state index is 0.178. The predicted molar refractivity (Wildman–Crippen MR) is 125 cm³/mol. The van der Waals surface area contributed by atoms with Crippen molar-refractivity contribution in [2.45, 2.75) is 71.3 Å². The Balaban J connectivity index is 0.000000350. The maximum Gasteiger partial charge on any atom is 0.328 e. The van der Waals surface area contributed by atoms with Crippen molar-refractivity contribution < 1.29 is 34.5 Å². The van der Waals surface area contributed by atoms with Crippen LogP contribution in [-0.4, -0.2) is 58.0 Å². The number of ketones is 1. The molecule has 4 aliphatic carbocycles. The molecule has 0 aromatic carbocycles. The van der Waals surface area contributed by atoms with Crippen molar-refractivity contribution in [3.63, 3.8) is 0 Å². The van der Waals surface area contributed by atoms with Gasteiger partial charge in [-0.15, -0.1) is 0 Å². The predicted octanol–water partition coefficient (Wildman–Crippen LogP) is 2.61. The number of fused-ring (bicyclic) bond motifs is 5. The summed E-state index contributed by atoms with van der Waals surface area (Å²) < 4.78 is 0. The molecule has 9 heteroatoms. The van der Waals surface area contributed by atoms with Crippen LogP contribution in [0.5, 0.6) is 0 Å². The first-order valence-corrected chi connectivity index (χ1v) is 12.3. The number of carboxylic acid groups (broad SMARTS) is 2. The fourth-order valence-corrected chi connectivity index (χ4v) is 7.22. The second kappa shape index (κ2) is 10.6. The van der Waals surface area contributed by atoms with Gasteiger partial charge in [0.1, 0.15) is 12.4 Å². The van der Waals surface area contributed by atoms with E-state index in [0.29, 0.717) is 61.2 Å². The Morgan fingerprint density at radius 3 is 2.41 bits per heavy atom. The fraction of sp³-hybridized carbons (Fsp3) is 0.760. The van der Waals surface area contributed by atoms with E-state index in [1.165, 1.54) is 0 Å². The Morgan fingerprint density at radius 1 is 1.12 bits per heavy atom. The summed E-state index contributed by atoms with van der Waals surface area (Å²) in [5.41, 5.74) is 6.68. The number of carbonyl (C=O) groups excluding carboxylic acids is 1. The van der Waals surface area contributed by atoms with Crippen LogP contribution in [0.3, 0.4) is 0 Å². The van der Waals surface area contributed by atoms with Crippen molar-refractivity contribution in [2.75, 3.05) is 13.2 Å². The molecule has 4 saturated carbocycles. The lowest BCUT2D eigenvalue weighted by molar-refractivity contribution is -0.158. The average Bonchev–Trinajstić information content (AvgIpc) is 3.08. The van der Waals surface area contributed by atoms with Crippen molar-refractivity contribution in [1.82, 2.24) is 0 Å². The molecule has 0 aromatic rings. The van der Waals surface area contributed by atoms with Crippen LogP contribution < -0.4 is 5.73 Å². The van der Waals surface area contributed by atoms with Crippen LogP contribution in [0.4, 0.5) is 0 Å². The van der Waals surface area contributed by atoms with Crippen LogP contribution in [0.1, 0.15) is 65.2 Å². The topological polar surface area (TPSA) is 160 Å². The summed E-state index contributed by atoms with van der Waals surface area (Å²) in [6.07, 6.45) is 8.50. The molecule has 0 aromatic heterocycles. The first kappa shape index (κ1) is 26.3. The molecule has 0 bridgehead atoms. The number of aliphatic hydroxyl groups is 1. The lowest BCUT2D eigenvalue weighted by Gasteiger charge is -2.60. The number of carboxylic acids is 2. The Hall–Kier alpha value is -2.26. The minimum Gasteiger partial charge on any atom is -0.478 e. The SMILES string of the molecule is C[C@]12CC/C(=N/OCCN)CC1C[C@@H](O)[C@@H]1[C@@H]2CC[C@]2(C)C(=O)CC[C@@H]12.O=C(O)/C=C/C(=O)O. The number of Topliss-reactive ketones (excluding diaryl/α,β-unsaturated/α-hetero) is 1. The summed E-state index contributed by atoms with van der Waals surface area (Å²) in [5.74, 6) is -0.394. The smallest absolute Gasteiger partial charge is 0.328 e. The molecule has 4 rings (SSSR count). The molecule has 0 heterocycles. The number of carbonyl (C=O) groups is 3. The van der Waals surface area contributed by atoms with Gasteiger partial charge in [-0.1, -0.05) is 19.0 Å². The highest BCUT2D eigenvalue weighted by Gasteiger charge is 2.62. The van der Waals surface area contributed by atoms with Crippen molar-refractivity contribution in [1.29, 1.82) is 0 Å². The molecule has 9 nitrogen and oxygen atoms in total. The van der Waals surface area contributed by atoms with Gasteiger partial charge in [-0.25, -0.2) is 9.59 Å². The summed E-state index contributed by atoms with van der Waals surface area (Å²) in [7, 11) is 0. The van der Waals surface area contributed by atoms with Gasteiger partial charge in [-0.3, -0.25) is 4.79 Å². The summed E-state index contributed by atoms with van der Waals surface area (Å²) in [4.78, 5) is 36.9. The molecule has 4 fully saturated rings. The maximum absolute atomic E-state index is 12.5. The summed E-state index contributed by atoms with van der Waals surface area (Å²) in [6, 6.07) is 0. The van der Waals surface area contributed by atoms with E-state index in [0.717, 1.165) is 50.7 Å². The molecule has 0 amide bonds. The molecule has 4 aliphatic rings. The van der Waals surface area contributed by atoms with Crippen LogP contribution >= 0.6 is 0 Å². The fourth-order valence-electron chi connectivity index (χ4n) is 7.22. The van der Waals surface area contributed by atoms with Gasteiger partial charge in [0, 0.05) is 30.5 Å². The highest BCUT2D eigenvalue weighted by atomic mass is 16.6. The number of oxime groups is 1. The summed E-state index contributed by atoms with van der Waals surface area (Å²) >= 11 is 0. The lowest BCUT2D eigenvalue weighted by atomic mass is 9.44. The molecule has 1 unspecified atom stereocenters. The molecule has 34 heavy (non-hydrogen) atoms. The van der Waals surface area contributed by atoms with E-state index >= 15 is 0 Å². The number of hydrogen-bond acceptors (Lipinski definition) is 7. The van der Waals surface area contributed by atoms with Gasteiger partial charge in [-0.05, 0) is 74.0 Å². The second-order valence-corrected chi connectivity index (χ2v) is 10.7. The Kier molecular flexibility index (Phi) is 8.18. The third-order valence-electron chi connectivity index (χ3n) is 9.00. The van der Waals surface area contributed by atoms with Crippen LogP contribution in [-0.2, 0) is 19.2 Å². The van der Waals surface area contributed by atoms with Crippen molar-refractivity contribution in [2.24, 2.45) is 45.4 Å². The van der Waals surface area contributed by atoms with Crippen molar-refractivity contribution in [3.8, 4) is 0 Å². The number of nitrogens with zero attached hydrogens (tertiary/aromatic N) is 1. The van der Waals surface area contributed by atoms with E-state index in [9.17, 15) is 19.5 Å². The molecular formula is C25H38N2O7. The number of aliphatic hydroxyl groups excluding tert-OH is 1. The lowest BCUT2D eigenvalue weighted by Crippen LogP contribution is -2.58. The molecule has 190 valence electrons. The standard InChI is InChI=1S/C21H34N2O3.C4H4O4/c1-20-7-5-14(23-26-10-9-22)11-13(20)12-17(24)19-15-3-4-18(25)21(15,2)8-6-16(19)20;5-3(6)1-2-4(7)8/h13,15-17,19,24H,3-12,22H2,1-2H3;1-2H,(H,5,6)(H,7,8)/b23-14-;2-1+/t13?,15-,16-,17+,19-,20-,21-;/m0./s1. The normalized spacial score (nSPS) is 40.1. The molecule has 5 N–H and O–H groups in total. The largest absolute Gasteiger partial charge is 0.478 e. The third kappa shape index (κ3) is 5.20. The van der Waals surface area contributed by atoms with E-state index < -0.39 is 11.9 Å². The number of aliphatic carboxylic acids is 2. The zero-order valence-corrected chi connectivity index (χ0v) is 20.1. The van der Waals surface area contributed by atoms with E-state index in [4.69, 9.17) is 20.8 Å². The first-order chi connectivity index (χ1) is 16.0. The van der Waals surface area contributed by atoms with Crippen LogP contribution in [0.2, 0.25) is 0 Å². The zero-order valence-electron chi connectivity index (χ0n) is 20.1. The van der Waals surface area contributed by atoms with Crippen molar-refractivity contribution in [3.05, 3.63) is 12.2 Å². The zero-order chi connectivity index (χ0) is 25.1. The first-order valence-electron chi connectivity index (χ1n) is 12.3. The highest BCUT2D eigenvalue weighted by molar-refractivity contribution is 5.89. The monoisotopic (exact) mass is 478 g/mol. The number of rotatable bonds is 5. The van der Waals surface area contributed by atoms with Gasteiger partial charge < -0.3 is 25.9 Å². The van der Waals surface area contributed by atoms with E-state index in [2.05, 4.69) is 19.0 Å².